The Morgan fingerprint density at radius 2 is 0.810 bits per heavy atom. The van der Waals surface area contributed by atoms with Gasteiger partial charge in [0.2, 0.25) is 0 Å². The van der Waals surface area contributed by atoms with Crippen molar-refractivity contribution in [3.05, 3.63) is 234 Å². The highest BCUT2D eigenvalue weighted by atomic mass is 16.3. The maximum absolute atomic E-state index is 6.40. The number of nitrogens with zero attached hydrogens (tertiary/aromatic N) is 3. The molecule has 0 aliphatic heterocycles. The summed E-state index contributed by atoms with van der Waals surface area (Å²) in [6.07, 6.45) is 0. The Balaban J connectivity index is 0.900. The van der Waals surface area contributed by atoms with Gasteiger partial charge in [-0.15, -0.1) is 0 Å². The van der Waals surface area contributed by atoms with Gasteiger partial charge in [-0.05, 0) is 187 Å². The highest BCUT2D eigenvalue weighted by Gasteiger charge is 2.38. The summed E-state index contributed by atoms with van der Waals surface area (Å²) < 4.78 is 15.4. The summed E-state index contributed by atoms with van der Waals surface area (Å²) in [7, 11) is 0. The second-order valence-electron chi connectivity index (χ2n) is 27.5. The molecule has 0 saturated heterocycles. The van der Waals surface area contributed by atoms with Gasteiger partial charge in [0.05, 0.1) is 16.6 Å². The zero-order chi connectivity index (χ0) is 57.5. The number of anilines is 6. The first-order valence-corrected chi connectivity index (χ1v) is 29.8. The van der Waals surface area contributed by atoms with Gasteiger partial charge in [0.25, 0.3) is 0 Å². The first-order valence-electron chi connectivity index (χ1n) is 29.8. The molecule has 0 unspecified atom stereocenters. The monoisotopic (exact) mass is 1090 g/mol. The molecule has 11 aromatic carbocycles. The molecule has 4 aromatic heterocycles. The summed E-state index contributed by atoms with van der Waals surface area (Å²) in [5, 5.41) is 12.1. The lowest BCUT2D eigenvalue weighted by Gasteiger charge is -2.30. The van der Waals surface area contributed by atoms with E-state index >= 15 is 0 Å². The normalized spacial score (nSPS) is 13.8. The lowest BCUT2D eigenvalue weighted by Crippen LogP contribution is -2.17. The van der Waals surface area contributed by atoms with Crippen LogP contribution in [-0.4, -0.2) is 4.40 Å². The molecule has 410 valence electrons. The van der Waals surface area contributed by atoms with Crippen LogP contribution < -0.4 is 9.80 Å². The average molecular weight is 1090 g/mol. The van der Waals surface area contributed by atoms with Gasteiger partial charge in [0.15, 0.2) is 0 Å². The van der Waals surface area contributed by atoms with Gasteiger partial charge in [-0.2, -0.15) is 0 Å². The smallest absolute Gasteiger partial charge is 0.135 e. The summed E-state index contributed by atoms with van der Waals surface area (Å²) >= 11 is 0. The van der Waals surface area contributed by atoms with E-state index in [1.807, 2.05) is 12.1 Å². The second-order valence-corrected chi connectivity index (χ2v) is 27.5. The Morgan fingerprint density at radius 1 is 0.333 bits per heavy atom. The van der Waals surface area contributed by atoms with Gasteiger partial charge in [0, 0.05) is 82.6 Å². The van der Waals surface area contributed by atoms with Crippen LogP contribution in [0, 0.1) is 0 Å². The molecule has 0 radical (unpaired) electrons. The Morgan fingerprint density at radius 3 is 1.39 bits per heavy atom. The highest BCUT2D eigenvalue weighted by Crippen LogP contribution is 2.55. The molecule has 15 aromatic rings. The van der Waals surface area contributed by atoms with E-state index in [2.05, 4.69) is 284 Å². The van der Waals surface area contributed by atoms with Gasteiger partial charge < -0.3 is 23.0 Å². The van der Waals surface area contributed by atoms with Crippen LogP contribution in [0.1, 0.15) is 104 Å². The maximum Gasteiger partial charge on any atom is 0.135 e. The van der Waals surface area contributed by atoms with Crippen molar-refractivity contribution < 1.29 is 8.83 Å². The third-order valence-electron chi connectivity index (χ3n) is 18.7. The maximum atomic E-state index is 6.40. The predicted octanol–water partition coefficient (Wildman–Crippen LogP) is 22.9. The molecule has 0 N–H and O–H groups in total. The van der Waals surface area contributed by atoms with Crippen LogP contribution in [-0.2, 0) is 21.7 Å². The Labute approximate surface area is 490 Å². The van der Waals surface area contributed by atoms with Crippen LogP contribution in [0.3, 0.4) is 0 Å². The third-order valence-corrected chi connectivity index (χ3v) is 18.7. The summed E-state index contributed by atoms with van der Waals surface area (Å²) in [4.78, 5) is 4.89. The predicted molar refractivity (Wildman–Crippen MR) is 356 cm³/mol. The molecule has 0 fully saturated rings. The van der Waals surface area contributed by atoms with Crippen LogP contribution in [0.25, 0.3) is 104 Å². The molecule has 0 spiro atoms. The van der Waals surface area contributed by atoms with Crippen molar-refractivity contribution in [3.63, 3.8) is 0 Å². The van der Waals surface area contributed by atoms with Gasteiger partial charge in [0.1, 0.15) is 22.3 Å². The lowest BCUT2D eigenvalue weighted by atomic mass is 9.80. The number of fused-ring (bicyclic) bond motifs is 17. The summed E-state index contributed by atoms with van der Waals surface area (Å²) in [6, 6.07) is 77.4. The molecule has 16 rings (SSSR count). The van der Waals surface area contributed by atoms with Gasteiger partial charge in [-0.1, -0.05) is 161 Å². The Bertz CT molecular complexity index is 5250. The molecule has 0 saturated carbocycles. The number of furan rings is 2. The van der Waals surface area contributed by atoms with Gasteiger partial charge in [-0.25, -0.2) is 0 Å². The number of hydrogen-bond acceptors (Lipinski definition) is 4. The Kier molecular flexibility index (Phi) is 10.4. The van der Waals surface area contributed by atoms with E-state index in [1.54, 1.807) is 0 Å². The van der Waals surface area contributed by atoms with E-state index < -0.39 is 0 Å². The minimum atomic E-state index is -0.340. The topological polar surface area (TPSA) is 37.2 Å². The van der Waals surface area contributed by atoms with E-state index in [9.17, 15) is 0 Å². The van der Waals surface area contributed by atoms with Crippen LogP contribution in [0.4, 0.5) is 34.1 Å². The number of rotatable bonds is 6. The first kappa shape index (κ1) is 50.4. The van der Waals surface area contributed by atoms with Crippen LogP contribution in [0.2, 0.25) is 0 Å². The molecular formula is C79H67N3O2. The van der Waals surface area contributed by atoms with E-state index in [-0.39, 0.29) is 21.7 Å². The van der Waals surface area contributed by atoms with Crippen molar-refractivity contribution in [1.82, 2.24) is 4.40 Å². The number of hydrogen-bond donors (Lipinski definition) is 0. The largest absolute Gasteiger partial charge is 0.456 e. The number of aromatic nitrogens is 1. The molecule has 0 amide bonds. The number of benzene rings is 11. The van der Waals surface area contributed by atoms with E-state index in [4.69, 9.17) is 8.83 Å². The van der Waals surface area contributed by atoms with Crippen LogP contribution >= 0.6 is 0 Å². The zero-order valence-corrected chi connectivity index (χ0v) is 49.8. The average Bonchev–Trinajstić information content (AvgIpc) is 1.66. The van der Waals surface area contributed by atoms with Gasteiger partial charge in [-0.3, -0.25) is 0 Å². The van der Waals surface area contributed by atoms with Crippen molar-refractivity contribution in [2.45, 2.75) is 97.8 Å². The Hall–Kier alpha value is -9.32. The molecule has 5 nitrogen and oxygen atoms in total. The standard InChI is InChI=1S/C79H67N3O2/c1-76(2,3)47-18-16-20-50(37-47)80(52-29-34-72-63(41-52)58-22-12-14-24-70(58)83-72)54-27-32-56-60-31-26-46-36-62-66-40-49(78(7,8)9)39-65-57-33-28-55(44-68(57)82(75(65)66)69(62)45-61(46)74(60)79(10,11)67(56)43-54)81(51-21-17-19-48(38-51)77(4,5)6)53-30-35-73-64(42-53)59-23-13-15-25-71(59)84-73/h12-45H,1-11H3. The fourth-order valence-corrected chi connectivity index (χ4v) is 14.2. The minimum Gasteiger partial charge on any atom is -0.456 e. The van der Waals surface area contributed by atoms with Crippen LogP contribution in [0.15, 0.2) is 215 Å². The SMILES string of the molecule is CC(C)(C)c1cccc(N(c2ccc3c(c2)C(C)(C)c2c-3ccc3cc4c5cc(C(C)(C)C)cc6c7ccc(N(c8cccc(C(C)(C)C)c8)c8ccc9oc%10ccccc%10c9c8)cc7n(c4cc23)c65)c2ccc3oc4ccccc4c3c2)c1. The molecule has 0 atom stereocenters. The molecule has 0 bridgehead atoms. The first-order chi connectivity index (χ1) is 40.3. The highest BCUT2D eigenvalue weighted by molar-refractivity contribution is 6.26. The van der Waals surface area contributed by atoms with Crippen LogP contribution in [0.5, 0.6) is 0 Å². The third kappa shape index (κ3) is 7.46. The van der Waals surface area contributed by atoms with Gasteiger partial charge >= 0.3 is 0 Å². The number of para-hydroxylation sites is 2. The van der Waals surface area contributed by atoms with Crippen molar-refractivity contribution in [1.29, 1.82) is 0 Å². The van der Waals surface area contributed by atoms with E-state index in [0.717, 1.165) is 78.0 Å². The molecular weight excluding hydrogens is 1020 g/mol. The van der Waals surface area contributed by atoms with Crippen molar-refractivity contribution in [2.75, 3.05) is 9.80 Å². The molecule has 1 aliphatic carbocycles. The summed E-state index contributed by atoms with van der Waals surface area (Å²) in [5.41, 5.74) is 22.6. The minimum absolute atomic E-state index is 0.0299. The van der Waals surface area contributed by atoms with E-state index in [1.165, 1.54) is 87.8 Å². The quantitative estimate of drug-likeness (QED) is 0.166. The molecule has 4 heterocycles. The zero-order valence-electron chi connectivity index (χ0n) is 49.8. The van der Waals surface area contributed by atoms with Crippen molar-refractivity contribution in [3.8, 4) is 11.1 Å². The molecule has 84 heavy (non-hydrogen) atoms. The van der Waals surface area contributed by atoms with Crippen molar-refractivity contribution in [2.24, 2.45) is 0 Å². The summed E-state index contributed by atoms with van der Waals surface area (Å²) in [5.74, 6) is 0. The molecule has 1 aliphatic rings. The second kappa shape index (κ2) is 17.4. The van der Waals surface area contributed by atoms with E-state index in [0.29, 0.717) is 0 Å². The van der Waals surface area contributed by atoms with Crippen molar-refractivity contribution >= 4 is 127 Å². The molecule has 5 heteroatoms. The fraction of sp³-hybridized carbons (Fsp3) is 0.190. The fourth-order valence-electron chi connectivity index (χ4n) is 14.2. The summed E-state index contributed by atoms with van der Waals surface area (Å²) in [6.45, 7) is 25.7. The lowest BCUT2D eigenvalue weighted by molar-refractivity contribution is 0.590.